The summed E-state index contributed by atoms with van der Waals surface area (Å²) >= 11 is 0. The summed E-state index contributed by atoms with van der Waals surface area (Å²) in [5.74, 6) is 0. The molecule has 1 heterocycles. The first-order valence-electron chi connectivity index (χ1n) is 7.98. The molecule has 108 valence electrons. The molecule has 0 aliphatic heterocycles. The van der Waals surface area contributed by atoms with Crippen LogP contribution in [0.5, 0.6) is 0 Å². The molecule has 0 radical (unpaired) electrons. The first kappa shape index (κ1) is 16.2. The molecule has 0 aliphatic rings. The van der Waals surface area contributed by atoms with Gasteiger partial charge >= 0.3 is 0 Å². The third-order valence-electron chi connectivity index (χ3n) is 4.26. The molecule has 0 N–H and O–H groups in total. The van der Waals surface area contributed by atoms with E-state index in [0.29, 0.717) is 5.41 Å². The largest absolute Gasteiger partial charge is 0.258 e. The summed E-state index contributed by atoms with van der Waals surface area (Å²) in [7, 11) is 0. The minimum atomic E-state index is 0.313. The van der Waals surface area contributed by atoms with E-state index < -0.39 is 0 Å². The van der Waals surface area contributed by atoms with Crippen molar-refractivity contribution in [1.29, 1.82) is 0 Å². The third-order valence-corrected chi connectivity index (χ3v) is 4.26. The fourth-order valence-electron chi connectivity index (χ4n) is 3.21. The minimum absolute atomic E-state index is 0.313. The predicted octanol–water partition coefficient (Wildman–Crippen LogP) is 5.73. The van der Waals surface area contributed by atoms with E-state index in [2.05, 4.69) is 51.7 Å². The Morgan fingerprint density at radius 3 is 2.26 bits per heavy atom. The highest BCUT2D eigenvalue weighted by atomic mass is 14.7. The second kappa shape index (κ2) is 7.67. The van der Waals surface area contributed by atoms with Crippen molar-refractivity contribution in [3.05, 3.63) is 29.1 Å². The van der Waals surface area contributed by atoms with Crippen LogP contribution in [0.1, 0.15) is 82.7 Å². The molecule has 1 aromatic heterocycles. The van der Waals surface area contributed by atoms with Crippen molar-refractivity contribution in [2.45, 2.75) is 85.0 Å². The fraction of sp³-hybridized carbons (Fsp3) is 0.722. The van der Waals surface area contributed by atoms with Crippen molar-refractivity contribution < 1.29 is 0 Å². The molecule has 0 fully saturated rings. The van der Waals surface area contributed by atoms with Gasteiger partial charge in [0.2, 0.25) is 0 Å². The monoisotopic (exact) mass is 261 g/mol. The number of unbranched alkanes of at least 4 members (excludes halogenated alkanes) is 3. The van der Waals surface area contributed by atoms with E-state index in [9.17, 15) is 0 Å². The highest BCUT2D eigenvalue weighted by molar-refractivity contribution is 5.29. The molecule has 0 saturated carbocycles. The third kappa shape index (κ3) is 4.63. The second-order valence-corrected chi connectivity index (χ2v) is 6.21. The molecule has 1 rings (SSSR count). The average molecular weight is 261 g/mol. The van der Waals surface area contributed by atoms with Gasteiger partial charge in [0, 0.05) is 11.4 Å². The molecule has 0 saturated heterocycles. The maximum absolute atomic E-state index is 4.67. The van der Waals surface area contributed by atoms with E-state index in [4.69, 9.17) is 0 Å². The molecule has 0 spiro atoms. The normalized spacial score (nSPS) is 14.4. The first-order chi connectivity index (χ1) is 9.03. The van der Waals surface area contributed by atoms with Crippen molar-refractivity contribution in [2.75, 3.05) is 0 Å². The molecule has 19 heavy (non-hydrogen) atoms. The van der Waals surface area contributed by atoms with Gasteiger partial charge in [-0.1, -0.05) is 58.9 Å². The van der Waals surface area contributed by atoms with Gasteiger partial charge < -0.3 is 0 Å². The molecule has 0 aromatic carbocycles. The standard InChI is InChI=1S/C18H31N/c1-6-8-9-10-14-18(5,13-7-2)17-12-11-15(3)19-16(17)4/h11-12H,6-10,13-14H2,1-5H3. The molecule has 1 unspecified atom stereocenters. The molecular weight excluding hydrogens is 230 g/mol. The first-order valence-corrected chi connectivity index (χ1v) is 7.98. The van der Waals surface area contributed by atoms with Crippen LogP contribution in [0, 0.1) is 13.8 Å². The molecule has 1 atom stereocenters. The fourth-order valence-corrected chi connectivity index (χ4v) is 3.21. The van der Waals surface area contributed by atoms with E-state index in [1.54, 1.807) is 0 Å². The van der Waals surface area contributed by atoms with E-state index in [1.165, 1.54) is 56.2 Å². The molecule has 0 amide bonds. The van der Waals surface area contributed by atoms with Crippen LogP contribution in [0.3, 0.4) is 0 Å². The van der Waals surface area contributed by atoms with Crippen LogP contribution in [0.25, 0.3) is 0 Å². The summed E-state index contributed by atoms with van der Waals surface area (Å²) in [5, 5.41) is 0. The van der Waals surface area contributed by atoms with E-state index >= 15 is 0 Å². The van der Waals surface area contributed by atoms with Gasteiger partial charge in [0.05, 0.1) is 0 Å². The lowest BCUT2D eigenvalue weighted by molar-refractivity contribution is 0.374. The summed E-state index contributed by atoms with van der Waals surface area (Å²) in [5.41, 5.74) is 4.14. The Balaban J connectivity index is 2.84. The Morgan fingerprint density at radius 1 is 0.947 bits per heavy atom. The SMILES string of the molecule is CCCCCCC(C)(CCC)c1ccc(C)nc1C. The summed E-state index contributed by atoms with van der Waals surface area (Å²) in [6, 6.07) is 4.48. The zero-order chi connectivity index (χ0) is 14.3. The zero-order valence-electron chi connectivity index (χ0n) is 13.6. The lowest BCUT2D eigenvalue weighted by atomic mass is 9.74. The Hall–Kier alpha value is -0.850. The van der Waals surface area contributed by atoms with Crippen LogP contribution < -0.4 is 0 Å². The van der Waals surface area contributed by atoms with Crippen LogP contribution in [-0.2, 0) is 5.41 Å². The number of hydrogen-bond donors (Lipinski definition) is 0. The van der Waals surface area contributed by atoms with Crippen LogP contribution >= 0.6 is 0 Å². The Bertz CT molecular complexity index is 383. The predicted molar refractivity (Wildman–Crippen MR) is 84.7 cm³/mol. The van der Waals surface area contributed by atoms with Gasteiger partial charge in [0.15, 0.2) is 0 Å². The van der Waals surface area contributed by atoms with Crippen molar-refractivity contribution >= 4 is 0 Å². The van der Waals surface area contributed by atoms with Crippen molar-refractivity contribution in [1.82, 2.24) is 4.98 Å². The molecule has 0 bridgehead atoms. The van der Waals surface area contributed by atoms with Crippen LogP contribution in [0.15, 0.2) is 12.1 Å². The number of aromatic nitrogens is 1. The smallest absolute Gasteiger partial charge is 0.0413 e. The zero-order valence-corrected chi connectivity index (χ0v) is 13.6. The number of nitrogens with zero attached hydrogens (tertiary/aromatic N) is 1. The molecular formula is C18H31N. The van der Waals surface area contributed by atoms with Gasteiger partial charge in [-0.2, -0.15) is 0 Å². The van der Waals surface area contributed by atoms with Crippen molar-refractivity contribution in [2.24, 2.45) is 0 Å². The molecule has 0 aliphatic carbocycles. The Kier molecular flexibility index (Phi) is 6.54. The van der Waals surface area contributed by atoms with E-state index in [1.807, 2.05) is 0 Å². The summed E-state index contributed by atoms with van der Waals surface area (Å²) in [6.45, 7) is 11.2. The van der Waals surface area contributed by atoms with Gasteiger partial charge in [0.1, 0.15) is 0 Å². The van der Waals surface area contributed by atoms with Crippen LogP contribution in [-0.4, -0.2) is 4.98 Å². The van der Waals surface area contributed by atoms with Gasteiger partial charge in [-0.05, 0) is 43.7 Å². The Labute approximate surface area is 119 Å². The minimum Gasteiger partial charge on any atom is -0.258 e. The highest BCUT2D eigenvalue weighted by Gasteiger charge is 2.27. The van der Waals surface area contributed by atoms with Crippen LogP contribution in [0.4, 0.5) is 0 Å². The number of hydrogen-bond acceptors (Lipinski definition) is 1. The highest BCUT2D eigenvalue weighted by Crippen LogP contribution is 2.36. The summed E-state index contributed by atoms with van der Waals surface area (Å²) in [4.78, 5) is 4.67. The van der Waals surface area contributed by atoms with Crippen molar-refractivity contribution in [3.63, 3.8) is 0 Å². The van der Waals surface area contributed by atoms with Crippen molar-refractivity contribution in [3.8, 4) is 0 Å². The quantitative estimate of drug-likeness (QED) is 0.545. The summed E-state index contributed by atoms with van der Waals surface area (Å²) < 4.78 is 0. The number of pyridine rings is 1. The van der Waals surface area contributed by atoms with Gasteiger partial charge in [-0.15, -0.1) is 0 Å². The number of rotatable bonds is 8. The maximum atomic E-state index is 4.67. The topological polar surface area (TPSA) is 12.9 Å². The lowest BCUT2D eigenvalue weighted by Crippen LogP contribution is -2.23. The molecule has 1 aromatic rings. The van der Waals surface area contributed by atoms with Gasteiger partial charge in [-0.25, -0.2) is 0 Å². The van der Waals surface area contributed by atoms with Gasteiger partial charge in [0.25, 0.3) is 0 Å². The van der Waals surface area contributed by atoms with E-state index in [0.717, 1.165) is 5.69 Å². The van der Waals surface area contributed by atoms with Gasteiger partial charge in [-0.3, -0.25) is 4.98 Å². The average Bonchev–Trinajstić information content (AvgIpc) is 2.35. The summed E-state index contributed by atoms with van der Waals surface area (Å²) in [6.07, 6.45) is 9.21. The Morgan fingerprint density at radius 2 is 1.68 bits per heavy atom. The second-order valence-electron chi connectivity index (χ2n) is 6.21. The van der Waals surface area contributed by atoms with E-state index in [-0.39, 0.29) is 0 Å². The molecule has 1 heteroatoms. The van der Waals surface area contributed by atoms with Crippen LogP contribution in [0.2, 0.25) is 0 Å². The maximum Gasteiger partial charge on any atom is 0.0413 e. The lowest BCUT2D eigenvalue weighted by Gasteiger charge is -2.31. The number of aryl methyl sites for hydroxylation is 2. The molecule has 1 nitrogen and oxygen atoms in total.